The Bertz CT molecular complexity index is 2090. The average molecular weight is 910 g/mol. The van der Waals surface area contributed by atoms with E-state index in [0.717, 1.165) is 24.8 Å². The summed E-state index contributed by atoms with van der Waals surface area (Å²) in [6, 6.07) is 22.1. The van der Waals surface area contributed by atoms with Crippen molar-refractivity contribution in [3.63, 3.8) is 0 Å². The Morgan fingerprint density at radius 2 is 1.52 bits per heavy atom. The van der Waals surface area contributed by atoms with E-state index in [4.69, 9.17) is 54.6 Å². The van der Waals surface area contributed by atoms with E-state index in [1.165, 1.54) is 81.5 Å². The van der Waals surface area contributed by atoms with Crippen LogP contribution in [0.3, 0.4) is 0 Å². The highest BCUT2D eigenvalue weighted by Crippen LogP contribution is 2.54. The second-order valence-corrected chi connectivity index (χ2v) is 18.8. The van der Waals surface area contributed by atoms with Crippen LogP contribution < -0.4 is 10.3 Å². The molecular weight excluding hydrogens is 845 g/mol. The van der Waals surface area contributed by atoms with Crippen molar-refractivity contribution in [2.75, 3.05) is 32.2 Å². The van der Waals surface area contributed by atoms with E-state index >= 15 is 0 Å². The van der Waals surface area contributed by atoms with Crippen LogP contribution >= 0.6 is 19.4 Å². The fourth-order valence-corrected chi connectivity index (χ4v) is 9.59. The predicted octanol–water partition coefficient (Wildman–Crippen LogP) is 10.9. The van der Waals surface area contributed by atoms with Crippen molar-refractivity contribution in [1.82, 2.24) is 14.6 Å². The maximum absolute atomic E-state index is 14.7. The number of unbranched alkanes of at least 4 members (excludes halogenated alkanes) is 13. The Kier molecular flexibility index (Phi) is 18.7. The summed E-state index contributed by atoms with van der Waals surface area (Å²) >= 11 is 6.48. The number of nitriles is 1. The van der Waals surface area contributed by atoms with Crippen LogP contribution in [0.25, 0.3) is 5.52 Å². The molecule has 4 aromatic rings. The van der Waals surface area contributed by atoms with Crippen molar-refractivity contribution in [2.45, 2.75) is 153 Å². The van der Waals surface area contributed by atoms with Gasteiger partial charge in [0, 0.05) is 6.61 Å². The summed E-state index contributed by atoms with van der Waals surface area (Å²) in [4.78, 5) is 4.07. The predicted molar refractivity (Wildman–Crippen MR) is 241 cm³/mol. The lowest BCUT2D eigenvalue weighted by Crippen LogP contribution is -2.40. The summed E-state index contributed by atoms with van der Waals surface area (Å²) in [5, 5.41) is 15.4. The molecule has 63 heavy (non-hydrogen) atoms. The summed E-state index contributed by atoms with van der Waals surface area (Å²) < 4.78 is 65.9. The van der Waals surface area contributed by atoms with Crippen LogP contribution in [-0.2, 0) is 49.5 Å². The molecule has 16 heteroatoms. The fraction of sp³-hybridized carbons (Fsp3) is 0.596. The van der Waals surface area contributed by atoms with Gasteiger partial charge in [-0.1, -0.05) is 144 Å². The zero-order valence-corrected chi connectivity index (χ0v) is 38.7. The van der Waals surface area contributed by atoms with Crippen molar-refractivity contribution in [3.05, 3.63) is 89.3 Å². The monoisotopic (exact) mass is 909 g/mol. The summed E-state index contributed by atoms with van der Waals surface area (Å²) in [5.41, 5.74) is 6.25. The third-order valence-corrected chi connectivity index (χ3v) is 13.1. The molecule has 0 amide bonds. The molecule has 14 nitrogen and oxygen atoms in total. The molecule has 2 fully saturated rings. The summed E-state index contributed by atoms with van der Waals surface area (Å²) in [6.07, 6.45) is 15.6. The minimum Gasteiger partial charge on any atom is -0.402 e. The number of phosphoric ester groups is 1. The number of nitrogens with two attached hydrogens (primary N) is 1. The normalized spacial score (nSPS) is 21.9. The Morgan fingerprint density at radius 3 is 2.21 bits per heavy atom. The molecule has 2 aromatic carbocycles. The summed E-state index contributed by atoms with van der Waals surface area (Å²) in [5.74, 6) is -0.769. The molecule has 0 saturated carbocycles. The molecule has 2 N–H and O–H groups in total. The van der Waals surface area contributed by atoms with E-state index in [9.17, 15) is 9.83 Å². The number of para-hydroxylation sites is 1. The smallest absolute Gasteiger partial charge is 0.402 e. The van der Waals surface area contributed by atoms with Gasteiger partial charge < -0.3 is 33.9 Å². The van der Waals surface area contributed by atoms with E-state index in [1.54, 1.807) is 50.2 Å². The average Bonchev–Trinajstić information content (AvgIpc) is 3.95. The number of hydrogen-bond acceptors (Lipinski definition) is 13. The van der Waals surface area contributed by atoms with Crippen LogP contribution in [0.5, 0.6) is 5.75 Å². The number of ether oxygens (including phenoxy) is 5. The van der Waals surface area contributed by atoms with Gasteiger partial charge in [0.05, 0.1) is 37.1 Å². The lowest BCUT2D eigenvalue weighted by atomic mass is 9.92. The maximum atomic E-state index is 14.7. The van der Waals surface area contributed by atoms with Gasteiger partial charge in [0.25, 0.3) is 0 Å². The molecule has 1 unspecified atom stereocenters. The van der Waals surface area contributed by atoms with Gasteiger partial charge in [0.2, 0.25) is 5.60 Å². The van der Waals surface area contributed by atoms with Gasteiger partial charge in [-0.05, 0) is 50.1 Å². The molecule has 2 aliphatic rings. The van der Waals surface area contributed by atoms with E-state index < -0.39 is 43.6 Å². The number of phosphoric acid groups is 1. The Morgan fingerprint density at radius 1 is 0.857 bits per heavy atom. The molecule has 0 aliphatic carbocycles. The van der Waals surface area contributed by atoms with Crippen molar-refractivity contribution >= 4 is 30.8 Å². The van der Waals surface area contributed by atoms with Crippen LogP contribution in [0.4, 0.5) is 5.82 Å². The third-order valence-electron chi connectivity index (χ3n) is 11.4. The first-order chi connectivity index (χ1) is 30.6. The topological polar surface area (TPSA) is 171 Å². The van der Waals surface area contributed by atoms with Crippen LogP contribution in [0.15, 0.2) is 73.1 Å². The number of rotatable bonds is 29. The van der Waals surface area contributed by atoms with E-state index in [2.05, 4.69) is 23.1 Å². The molecule has 4 heterocycles. The third kappa shape index (κ3) is 13.7. The zero-order valence-electron chi connectivity index (χ0n) is 37.0. The van der Waals surface area contributed by atoms with Crippen LogP contribution in [0, 0.1) is 11.3 Å². The minimum atomic E-state index is -4.49. The number of nitrogens with zero attached hydrogens (tertiary/aromatic N) is 4. The van der Waals surface area contributed by atoms with Gasteiger partial charge >= 0.3 is 7.82 Å². The largest absolute Gasteiger partial charge is 0.530 e. The van der Waals surface area contributed by atoms with Gasteiger partial charge in [-0.25, -0.2) is 14.1 Å². The first-order valence-electron chi connectivity index (χ1n) is 22.7. The maximum Gasteiger partial charge on any atom is 0.530 e. The standard InChI is InChI=1S/C47H65ClN5O9P/c1-4-5-6-7-8-9-10-11-12-13-14-15-16-22-29-56-37(31-55-30-36-23-18-17-19-24-36)32-57-63(54,62-40-26-21-20-25-38(40)48)58-33-41-43-44(61-46(2,3)60-43)47(34-49,59-41)42-28-27-39-45(50)51-35-52-53(39)42/h17-21,23-28,35,37,41,43-44H,4-16,22,29-33H2,1-3H3,(H2,50,51,52)/t37-,41-,43-,44-,47+,63?/m1/s1. The molecule has 0 radical (unpaired) electrons. The highest BCUT2D eigenvalue weighted by Gasteiger charge is 2.65. The number of halogens is 1. The molecule has 2 saturated heterocycles. The molecule has 0 bridgehead atoms. The lowest BCUT2D eigenvalue weighted by molar-refractivity contribution is -0.204. The zero-order chi connectivity index (χ0) is 44.5. The van der Waals surface area contributed by atoms with Crippen molar-refractivity contribution in [1.29, 1.82) is 5.26 Å². The van der Waals surface area contributed by atoms with Crippen molar-refractivity contribution in [2.24, 2.45) is 0 Å². The first kappa shape index (κ1) is 48.8. The Labute approximate surface area is 377 Å². The molecule has 6 atom stereocenters. The molecule has 344 valence electrons. The van der Waals surface area contributed by atoms with Gasteiger partial charge in [-0.2, -0.15) is 10.4 Å². The summed E-state index contributed by atoms with van der Waals surface area (Å²) in [7, 11) is -4.49. The van der Waals surface area contributed by atoms with Gasteiger partial charge in [0.1, 0.15) is 48.1 Å². The van der Waals surface area contributed by atoms with Crippen molar-refractivity contribution < 1.29 is 41.8 Å². The Hall–Kier alpha value is -3.61. The number of anilines is 1. The fourth-order valence-electron chi connectivity index (χ4n) is 8.11. The Balaban J connectivity index is 1.08. The molecule has 2 aliphatic heterocycles. The van der Waals surface area contributed by atoms with E-state index in [0.29, 0.717) is 24.4 Å². The SMILES string of the molecule is CCCCCCCCCCCCCCCCO[C@H](COCc1ccccc1)COP(=O)(OC[C@H]1O[C@@](C#N)(c2ccc3c(N)ncnn23)[C@@H]2OC(C)(C)O[C@@H]21)Oc1ccccc1Cl. The molecule has 0 spiro atoms. The number of nitrogen functional groups attached to an aromatic ring is 1. The van der Waals surface area contributed by atoms with Gasteiger partial charge in [-0.3, -0.25) is 9.05 Å². The molecule has 6 rings (SSSR count). The summed E-state index contributed by atoms with van der Waals surface area (Å²) in [6.45, 7) is 6.20. The van der Waals surface area contributed by atoms with E-state index in [1.807, 2.05) is 30.3 Å². The van der Waals surface area contributed by atoms with Gasteiger partial charge in [-0.15, -0.1) is 0 Å². The highest BCUT2D eigenvalue weighted by molar-refractivity contribution is 7.48. The molecule has 2 aromatic heterocycles. The first-order valence-corrected chi connectivity index (χ1v) is 24.5. The minimum absolute atomic E-state index is 0.0952. The van der Waals surface area contributed by atoms with Crippen LogP contribution in [-0.4, -0.2) is 71.2 Å². The highest BCUT2D eigenvalue weighted by atomic mass is 35.5. The second kappa shape index (κ2) is 24.1. The molecular formula is C47H65ClN5O9P. The quantitative estimate of drug-likeness (QED) is 0.0403. The number of aromatic nitrogens is 3. The van der Waals surface area contributed by atoms with E-state index in [-0.39, 0.29) is 36.4 Å². The number of hydrogen-bond donors (Lipinski definition) is 1. The number of fused-ring (bicyclic) bond motifs is 2. The second-order valence-electron chi connectivity index (χ2n) is 16.8. The number of benzene rings is 2. The van der Waals surface area contributed by atoms with Crippen LogP contribution in [0.1, 0.15) is 122 Å². The lowest BCUT2D eigenvalue weighted by Gasteiger charge is -2.29. The van der Waals surface area contributed by atoms with Gasteiger partial charge in [0.15, 0.2) is 11.6 Å². The van der Waals surface area contributed by atoms with Crippen molar-refractivity contribution in [3.8, 4) is 11.8 Å². The van der Waals surface area contributed by atoms with Crippen LogP contribution in [0.2, 0.25) is 5.02 Å².